The van der Waals surface area contributed by atoms with Crippen LogP contribution in [0.15, 0.2) is 24.3 Å². The Morgan fingerprint density at radius 2 is 2.17 bits per heavy atom. The van der Waals surface area contributed by atoms with Gasteiger partial charge in [-0.3, -0.25) is 10.0 Å². The highest BCUT2D eigenvalue weighted by Gasteiger charge is 2.21. The van der Waals surface area contributed by atoms with Crippen molar-refractivity contribution in [2.24, 2.45) is 0 Å². The lowest BCUT2D eigenvalue weighted by Crippen LogP contribution is -2.37. The molecular weight excluding hydrogens is 156 g/mol. The molecule has 4 nitrogen and oxygen atoms in total. The molecule has 1 aliphatic rings. The minimum Gasteiger partial charge on any atom is -0.365 e. The number of hydrogen-bond donors (Lipinski definition) is 2. The minimum absolute atomic E-state index is 0.149. The SMILES string of the molecule is O=C1c2ccccc2NCN1O. The van der Waals surface area contributed by atoms with E-state index in [4.69, 9.17) is 5.21 Å². The molecule has 0 aliphatic carbocycles. The predicted molar refractivity (Wildman–Crippen MR) is 42.9 cm³/mol. The lowest BCUT2D eigenvalue weighted by atomic mass is 10.1. The van der Waals surface area contributed by atoms with E-state index in [9.17, 15) is 4.79 Å². The topological polar surface area (TPSA) is 52.6 Å². The van der Waals surface area contributed by atoms with E-state index in [1.165, 1.54) is 0 Å². The van der Waals surface area contributed by atoms with Crippen LogP contribution in [0.1, 0.15) is 10.4 Å². The molecule has 4 heteroatoms. The summed E-state index contributed by atoms with van der Waals surface area (Å²) >= 11 is 0. The average molecular weight is 164 g/mol. The van der Waals surface area contributed by atoms with Crippen molar-refractivity contribution in [3.63, 3.8) is 0 Å². The van der Waals surface area contributed by atoms with Crippen LogP contribution in [0.2, 0.25) is 0 Å². The average Bonchev–Trinajstić information content (AvgIpc) is 2.12. The quantitative estimate of drug-likeness (QED) is 0.560. The highest BCUT2D eigenvalue weighted by atomic mass is 16.5. The van der Waals surface area contributed by atoms with E-state index in [1.807, 2.05) is 6.07 Å². The highest BCUT2D eigenvalue weighted by Crippen LogP contribution is 2.19. The van der Waals surface area contributed by atoms with Crippen LogP contribution in [0.5, 0.6) is 0 Å². The molecule has 62 valence electrons. The Kier molecular flexibility index (Phi) is 1.48. The maximum atomic E-state index is 11.3. The molecule has 2 N–H and O–H groups in total. The first-order chi connectivity index (χ1) is 5.79. The van der Waals surface area contributed by atoms with Gasteiger partial charge in [-0.15, -0.1) is 0 Å². The zero-order chi connectivity index (χ0) is 8.55. The Bertz CT molecular complexity index is 325. The largest absolute Gasteiger partial charge is 0.365 e. The molecule has 0 spiro atoms. The fourth-order valence-corrected chi connectivity index (χ4v) is 1.19. The lowest BCUT2D eigenvalue weighted by molar-refractivity contribution is -0.0544. The first kappa shape index (κ1) is 7.12. The Balaban J connectivity index is 2.49. The molecule has 0 saturated heterocycles. The third-order valence-corrected chi connectivity index (χ3v) is 1.81. The number of nitrogens with one attached hydrogen (secondary N) is 1. The fraction of sp³-hybridized carbons (Fsp3) is 0.125. The van der Waals surface area contributed by atoms with Gasteiger partial charge in [-0.25, -0.2) is 5.06 Å². The molecule has 1 aromatic carbocycles. The van der Waals surface area contributed by atoms with Gasteiger partial charge in [-0.05, 0) is 12.1 Å². The van der Waals surface area contributed by atoms with Crippen LogP contribution in [0, 0.1) is 0 Å². The Morgan fingerprint density at radius 3 is 3.00 bits per heavy atom. The van der Waals surface area contributed by atoms with E-state index in [1.54, 1.807) is 18.2 Å². The van der Waals surface area contributed by atoms with Crippen molar-refractivity contribution in [2.45, 2.75) is 0 Å². The van der Waals surface area contributed by atoms with Gasteiger partial charge in [0.15, 0.2) is 0 Å². The first-order valence-corrected chi connectivity index (χ1v) is 3.62. The summed E-state index contributed by atoms with van der Waals surface area (Å²) in [7, 11) is 0. The number of benzene rings is 1. The highest BCUT2D eigenvalue weighted by molar-refractivity contribution is 6.00. The van der Waals surface area contributed by atoms with Crippen molar-refractivity contribution in [1.29, 1.82) is 0 Å². The molecule has 0 unspecified atom stereocenters. The van der Waals surface area contributed by atoms with E-state index >= 15 is 0 Å². The van der Waals surface area contributed by atoms with Gasteiger partial charge in [0.05, 0.1) is 5.56 Å². The molecule has 0 bridgehead atoms. The molecule has 1 amide bonds. The number of hydroxylamine groups is 2. The smallest absolute Gasteiger partial charge is 0.281 e. The van der Waals surface area contributed by atoms with Gasteiger partial charge in [0.25, 0.3) is 5.91 Å². The third kappa shape index (κ3) is 0.931. The van der Waals surface area contributed by atoms with Crippen LogP contribution in [0.4, 0.5) is 5.69 Å². The normalized spacial score (nSPS) is 15.4. The molecule has 1 aliphatic heterocycles. The number of carbonyl (C=O) groups is 1. The van der Waals surface area contributed by atoms with Gasteiger partial charge >= 0.3 is 0 Å². The van der Waals surface area contributed by atoms with Crippen molar-refractivity contribution in [3.8, 4) is 0 Å². The molecular formula is C8H8N2O2. The molecule has 0 atom stereocenters. The van der Waals surface area contributed by atoms with Crippen molar-refractivity contribution < 1.29 is 10.0 Å². The van der Waals surface area contributed by atoms with E-state index in [-0.39, 0.29) is 12.6 Å². The lowest BCUT2D eigenvalue weighted by Gasteiger charge is -2.23. The first-order valence-electron chi connectivity index (χ1n) is 3.62. The molecule has 2 rings (SSSR count). The third-order valence-electron chi connectivity index (χ3n) is 1.81. The van der Waals surface area contributed by atoms with Crippen molar-refractivity contribution >= 4 is 11.6 Å². The Morgan fingerprint density at radius 1 is 1.42 bits per heavy atom. The zero-order valence-corrected chi connectivity index (χ0v) is 6.32. The predicted octanol–water partition coefficient (Wildman–Crippen LogP) is 0.901. The Hall–Kier alpha value is -1.55. The number of fused-ring (bicyclic) bond motifs is 1. The van der Waals surface area contributed by atoms with Crippen molar-refractivity contribution in [3.05, 3.63) is 29.8 Å². The molecule has 0 fully saturated rings. The van der Waals surface area contributed by atoms with Gasteiger partial charge in [0.2, 0.25) is 0 Å². The van der Waals surface area contributed by atoms with Gasteiger partial charge in [-0.2, -0.15) is 0 Å². The van der Waals surface area contributed by atoms with E-state index < -0.39 is 0 Å². The van der Waals surface area contributed by atoms with Crippen LogP contribution in [0.25, 0.3) is 0 Å². The number of hydrogen-bond acceptors (Lipinski definition) is 3. The molecule has 1 aromatic rings. The van der Waals surface area contributed by atoms with Gasteiger partial charge < -0.3 is 5.32 Å². The number of anilines is 1. The molecule has 0 radical (unpaired) electrons. The summed E-state index contributed by atoms with van der Waals surface area (Å²) in [5, 5.41) is 12.6. The van der Waals surface area contributed by atoms with Crippen LogP contribution < -0.4 is 5.32 Å². The molecule has 12 heavy (non-hydrogen) atoms. The van der Waals surface area contributed by atoms with Crippen molar-refractivity contribution in [1.82, 2.24) is 5.06 Å². The van der Waals surface area contributed by atoms with E-state index in [0.717, 1.165) is 5.69 Å². The minimum atomic E-state index is -0.357. The monoisotopic (exact) mass is 164 g/mol. The van der Waals surface area contributed by atoms with E-state index in [0.29, 0.717) is 10.6 Å². The molecule has 0 saturated carbocycles. The summed E-state index contributed by atoms with van der Waals surface area (Å²) in [6.45, 7) is 0.149. The number of amides is 1. The molecule has 0 aromatic heterocycles. The van der Waals surface area contributed by atoms with Crippen LogP contribution in [-0.2, 0) is 0 Å². The fourth-order valence-electron chi connectivity index (χ4n) is 1.19. The molecule has 1 heterocycles. The Labute approximate surface area is 69.4 Å². The van der Waals surface area contributed by atoms with Gasteiger partial charge in [-0.1, -0.05) is 12.1 Å². The maximum Gasteiger partial charge on any atom is 0.281 e. The van der Waals surface area contributed by atoms with E-state index in [2.05, 4.69) is 5.32 Å². The summed E-state index contributed by atoms with van der Waals surface area (Å²) in [5.41, 5.74) is 1.28. The second-order valence-electron chi connectivity index (χ2n) is 2.59. The number of carbonyl (C=O) groups excluding carboxylic acids is 1. The number of rotatable bonds is 0. The summed E-state index contributed by atoms with van der Waals surface area (Å²) in [6, 6.07) is 7.08. The maximum absolute atomic E-state index is 11.3. The second-order valence-corrected chi connectivity index (χ2v) is 2.59. The summed E-state index contributed by atoms with van der Waals surface area (Å²) in [5.74, 6) is -0.357. The van der Waals surface area contributed by atoms with Gasteiger partial charge in [0, 0.05) is 5.69 Å². The van der Waals surface area contributed by atoms with Gasteiger partial charge in [0.1, 0.15) is 6.67 Å². The van der Waals surface area contributed by atoms with Crippen molar-refractivity contribution in [2.75, 3.05) is 12.0 Å². The summed E-state index contributed by atoms with van der Waals surface area (Å²) in [4.78, 5) is 11.3. The van der Waals surface area contributed by atoms with Crippen LogP contribution >= 0.6 is 0 Å². The standard InChI is InChI=1S/C8H8N2O2/c11-8-6-3-1-2-4-7(6)9-5-10(8)12/h1-4,9,12H,5H2. The summed E-state index contributed by atoms with van der Waals surface area (Å²) in [6.07, 6.45) is 0. The van der Waals surface area contributed by atoms with Crippen LogP contribution in [-0.4, -0.2) is 22.8 Å². The number of para-hydroxylation sites is 1. The zero-order valence-electron chi connectivity index (χ0n) is 6.32. The number of nitrogens with zero attached hydrogens (tertiary/aromatic N) is 1. The summed E-state index contributed by atoms with van der Waals surface area (Å²) < 4.78 is 0. The van der Waals surface area contributed by atoms with Crippen LogP contribution in [0.3, 0.4) is 0 Å². The second kappa shape index (κ2) is 2.49.